The Kier molecular flexibility index (Phi) is 4.61. The van der Waals surface area contributed by atoms with Crippen LogP contribution < -0.4 is 5.73 Å². The van der Waals surface area contributed by atoms with E-state index in [0.717, 1.165) is 0 Å². The molecule has 0 unspecified atom stereocenters. The van der Waals surface area contributed by atoms with Crippen LogP contribution in [0.3, 0.4) is 0 Å². The number of carboxylic acids is 1. The van der Waals surface area contributed by atoms with Crippen molar-refractivity contribution < 1.29 is 19.9 Å². The number of aliphatic carboxylic acids is 1. The Balaban J connectivity index is 2.61. The van der Waals surface area contributed by atoms with E-state index in [4.69, 9.17) is 10.8 Å². The van der Waals surface area contributed by atoms with Gasteiger partial charge in [-0.1, -0.05) is 6.07 Å². The second-order valence-electron chi connectivity index (χ2n) is 3.92. The molecule has 7 nitrogen and oxygen atoms in total. The van der Waals surface area contributed by atoms with Gasteiger partial charge in [0.25, 0.3) is 0 Å². The fraction of sp³-hybridized carbons (Fsp3) is 0.364. The summed E-state index contributed by atoms with van der Waals surface area (Å²) < 4.78 is 0. The molecule has 18 heavy (non-hydrogen) atoms. The van der Waals surface area contributed by atoms with Gasteiger partial charge in [-0.15, -0.1) is 0 Å². The molecule has 0 fully saturated rings. The van der Waals surface area contributed by atoms with E-state index < -0.39 is 16.9 Å². The summed E-state index contributed by atoms with van der Waals surface area (Å²) in [5, 5.41) is 28.4. The fourth-order valence-electron chi connectivity index (χ4n) is 1.52. The Hall–Kier alpha value is -2.15. The third-order valence-corrected chi connectivity index (χ3v) is 2.53. The normalized spacial score (nSPS) is 12.1. The minimum absolute atomic E-state index is 0.296. The highest BCUT2D eigenvalue weighted by Gasteiger charge is 2.14. The second kappa shape index (κ2) is 5.97. The minimum Gasteiger partial charge on any atom is -0.502 e. The summed E-state index contributed by atoms with van der Waals surface area (Å²) in [6.07, 6.45) is 1.28. The number of carboxylic acid groups (broad SMARTS) is 1. The average Bonchev–Trinajstić information content (AvgIpc) is 2.30. The van der Waals surface area contributed by atoms with Gasteiger partial charge in [0, 0.05) is 6.07 Å². The van der Waals surface area contributed by atoms with Crippen molar-refractivity contribution in [3.05, 3.63) is 33.9 Å². The summed E-state index contributed by atoms with van der Waals surface area (Å²) in [5.41, 5.74) is 5.65. The molecule has 0 aromatic heterocycles. The van der Waals surface area contributed by atoms with E-state index in [1.165, 1.54) is 12.1 Å². The van der Waals surface area contributed by atoms with E-state index in [1.807, 2.05) is 0 Å². The Morgan fingerprint density at radius 3 is 2.72 bits per heavy atom. The van der Waals surface area contributed by atoms with Crippen molar-refractivity contribution in [3.63, 3.8) is 0 Å². The van der Waals surface area contributed by atoms with E-state index >= 15 is 0 Å². The summed E-state index contributed by atoms with van der Waals surface area (Å²) >= 11 is 0. The molecule has 0 saturated carbocycles. The highest BCUT2D eigenvalue weighted by atomic mass is 16.6. The maximum Gasteiger partial charge on any atom is 0.320 e. The maximum absolute atomic E-state index is 10.6. The summed E-state index contributed by atoms with van der Waals surface area (Å²) in [6.45, 7) is 0. The van der Waals surface area contributed by atoms with Gasteiger partial charge in [0.1, 0.15) is 6.04 Å². The molecule has 0 aliphatic rings. The number of rotatable bonds is 6. The van der Waals surface area contributed by atoms with Crippen LogP contribution in [0.5, 0.6) is 5.75 Å². The van der Waals surface area contributed by atoms with Crippen molar-refractivity contribution in [1.29, 1.82) is 0 Å². The summed E-state index contributed by atoms with van der Waals surface area (Å²) in [5.74, 6) is -1.45. The number of aromatic hydroxyl groups is 1. The Morgan fingerprint density at radius 1 is 1.50 bits per heavy atom. The van der Waals surface area contributed by atoms with Crippen molar-refractivity contribution in [2.45, 2.75) is 25.3 Å². The lowest BCUT2D eigenvalue weighted by Gasteiger charge is -2.06. The number of nitrogens with two attached hydrogens (primary N) is 1. The van der Waals surface area contributed by atoms with Crippen LogP contribution in [0, 0.1) is 10.1 Å². The molecule has 0 amide bonds. The van der Waals surface area contributed by atoms with Crippen LogP contribution in [0.1, 0.15) is 18.4 Å². The summed E-state index contributed by atoms with van der Waals surface area (Å²) in [6, 6.07) is 3.18. The molecule has 0 spiro atoms. The number of benzene rings is 1. The lowest BCUT2D eigenvalue weighted by atomic mass is 10.0. The van der Waals surface area contributed by atoms with Crippen LogP contribution in [0.25, 0.3) is 0 Å². The molecule has 1 aromatic rings. The van der Waals surface area contributed by atoms with Gasteiger partial charge in [-0.25, -0.2) is 0 Å². The number of nitro groups is 1. The van der Waals surface area contributed by atoms with E-state index in [-0.39, 0.29) is 11.4 Å². The maximum atomic E-state index is 10.6. The molecule has 0 aliphatic carbocycles. The number of phenolic OH excluding ortho intramolecular Hbond substituents is 1. The lowest BCUT2D eigenvalue weighted by Crippen LogP contribution is -2.29. The number of nitro benzene ring substituents is 1. The number of phenols is 1. The highest BCUT2D eigenvalue weighted by molar-refractivity contribution is 5.72. The van der Waals surface area contributed by atoms with E-state index in [1.54, 1.807) is 6.07 Å². The van der Waals surface area contributed by atoms with Crippen LogP contribution in [-0.4, -0.2) is 27.1 Å². The third-order valence-electron chi connectivity index (χ3n) is 2.53. The fourth-order valence-corrected chi connectivity index (χ4v) is 1.52. The molecule has 7 heteroatoms. The Morgan fingerprint density at radius 2 is 2.17 bits per heavy atom. The number of hydrogen-bond donors (Lipinski definition) is 3. The molecular formula is C11H14N2O5. The SMILES string of the molecule is N[C@@H](CCCc1ccc(O)c([N+](=O)[O-])c1)C(=O)O. The Labute approximate surface area is 103 Å². The largest absolute Gasteiger partial charge is 0.502 e. The molecule has 0 saturated heterocycles. The minimum atomic E-state index is -1.06. The first-order chi connectivity index (χ1) is 8.41. The van der Waals surface area contributed by atoms with E-state index in [0.29, 0.717) is 24.8 Å². The predicted octanol–water partition coefficient (Wildman–Crippen LogP) is 1.03. The second-order valence-corrected chi connectivity index (χ2v) is 3.92. The zero-order valence-corrected chi connectivity index (χ0v) is 9.57. The van der Waals surface area contributed by atoms with Crippen LogP contribution in [0.2, 0.25) is 0 Å². The van der Waals surface area contributed by atoms with Gasteiger partial charge in [0.15, 0.2) is 5.75 Å². The van der Waals surface area contributed by atoms with Gasteiger partial charge in [-0.2, -0.15) is 0 Å². The first kappa shape index (κ1) is 13.9. The van der Waals surface area contributed by atoms with Gasteiger partial charge < -0.3 is 15.9 Å². The van der Waals surface area contributed by atoms with Crippen molar-refractivity contribution in [2.24, 2.45) is 5.73 Å². The van der Waals surface area contributed by atoms with Gasteiger partial charge in [-0.3, -0.25) is 14.9 Å². The van der Waals surface area contributed by atoms with Gasteiger partial charge in [-0.05, 0) is 30.9 Å². The molecule has 1 aromatic carbocycles. The summed E-state index contributed by atoms with van der Waals surface area (Å²) in [4.78, 5) is 20.4. The number of nitrogens with zero attached hydrogens (tertiary/aromatic N) is 1. The molecule has 1 atom stereocenters. The van der Waals surface area contributed by atoms with Crippen molar-refractivity contribution in [1.82, 2.24) is 0 Å². The Bertz CT molecular complexity index is 461. The van der Waals surface area contributed by atoms with Crippen molar-refractivity contribution in [3.8, 4) is 5.75 Å². The molecule has 1 rings (SSSR count). The first-order valence-corrected chi connectivity index (χ1v) is 5.36. The van der Waals surface area contributed by atoms with Crippen LogP contribution in [0.4, 0.5) is 5.69 Å². The van der Waals surface area contributed by atoms with Crippen LogP contribution in [-0.2, 0) is 11.2 Å². The van der Waals surface area contributed by atoms with Gasteiger partial charge in [0.2, 0.25) is 0 Å². The zero-order valence-electron chi connectivity index (χ0n) is 9.57. The monoisotopic (exact) mass is 254 g/mol. The van der Waals surface area contributed by atoms with Crippen molar-refractivity contribution >= 4 is 11.7 Å². The number of aryl methyl sites for hydroxylation is 1. The smallest absolute Gasteiger partial charge is 0.320 e. The molecule has 98 valence electrons. The molecule has 0 radical (unpaired) electrons. The molecule has 4 N–H and O–H groups in total. The topological polar surface area (TPSA) is 127 Å². The van der Waals surface area contributed by atoms with Gasteiger partial charge in [0.05, 0.1) is 4.92 Å². The van der Waals surface area contributed by atoms with E-state index in [9.17, 15) is 20.0 Å². The first-order valence-electron chi connectivity index (χ1n) is 5.36. The van der Waals surface area contributed by atoms with Crippen LogP contribution >= 0.6 is 0 Å². The number of carbonyl (C=O) groups is 1. The predicted molar refractivity (Wildman–Crippen MR) is 63.3 cm³/mol. The van der Waals surface area contributed by atoms with E-state index in [2.05, 4.69) is 0 Å². The van der Waals surface area contributed by atoms with Gasteiger partial charge >= 0.3 is 11.7 Å². The molecule has 0 bridgehead atoms. The standard InChI is InChI=1S/C11H14N2O5/c12-8(11(15)16)3-1-2-7-4-5-10(14)9(6-7)13(17)18/h4-6,8,14H,1-3,12H2,(H,15,16)/t8-/m0/s1. The molecule has 0 aliphatic heterocycles. The third kappa shape index (κ3) is 3.70. The highest BCUT2D eigenvalue weighted by Crippen LogP contribution is 2.26. The molecular weight excluding hydrogens is 240 g/mol. The summed E-state index contributed by atoms with van der Waals surface area (Å²) in [7, 11) is 0. The number of hydrogen-bond acceptors (Lipinski definition) is 5. The average molecular weight is 254 g/mol. The van der Waals surface area contributed by atoms with Crippen LogP contribution in [0.15, 0.2) is 18.2 Å². The molecule has 0 heterocycles. The lowest BCUT2D eigenvalue weighted by molar-refractivity contribution is -0.385. The quantitative estimate of drug-likeness (QED) is 0.514. The van der Waals surface area contributed by atoms with Crippen molar-refractivity contribution in [2.75, 3.05) is 0 Å². The zero-order chi connectivity index (χ0) is 13.7.